The van der Waals surface area contributed by atoms with E-state index in [9.17, 15) is 0 Å². The first-order valence-corrected chi connectivity index (χ1v) is 7.53. The summed E-state index contributed by atoms with van der Waals surface area (Å²) in [5.41, 5.74) is 1.17. The Labute approximate surface area is 125 Å². The highest BCUT2D eigenvalue weighted by Crippen LogP contribution is 2.19. The summed E-state index contributed by atoms with van der Waals surface area (Å²) in [6.45, 7) is 2.21. The zero-order valence-electron chi connectivity index (χ0n) is 12.1. The van der Waals surface area contributed by atoms with Crippen molar-refractivity contribution in [1.82, 2.24) is 5.32 Å². The fourth-order valence-electron chi connectivity index (χ4n) is 2.09. The molecule has 1 aliphatic rings. The van der Waals surface area contributed by atoms with Crippen molar-refractivity contribution in [3.8, 4) is 11.5 Å². The third kappa shape index (κ3) is 4.80. The summed E-state index contributed by atoms with van der Waals surface area (Å²) in [5.74, 6) is 1.75. The highest BCUT2D eigenvalue weighted by atomic mass is 16.5. The van der Waals surface area contributed by atoms with Crippen molar-refractivity contribution >= 4 is 0 Å². The molecule has 0 aromatic heterocycles. The summed E-state index contributed by atoms with van der Waals surface area (Å²) in [6.07, 6.45) is 2.63. The zero-order valence-corrected chi connectivity index (χ0v) is 12.1. The molecule has 0 aliphatic heterocycles. The minimum atomic E-state index is 0.590. The van der Waals surface area contributed by atoms with E-state index in [1.165, 1.54) is 18.4 Å². The average molecular weight is 283 g/mol. The van der Waals surface area contributed by atoms with Gasteiger partial charge in [-0.1, -0.05) is 30.3 Å². The Morgan fingerprint density at radius 2 is 1.52 bits per heavy atom. The predicted molar refractivity (Wildman–Crippen MR) is 83.7 cm³/mol. The quantitative estimate of drug-likeness (QED) is 0.753. The molecule has 1 fully saturated rings. The molecule has 0 saturated heterocycles. The van der Waals surface area contributed by atoms with Crippen molar-refractivity contribution in [2.75, 3.05) is 13.2 Å². The van der Waals surface area contributed by atoms with Gasteiger partial charge in [0.2, 0.25) is 0 Å². The molecule has 110 valence electrons. The standard InChI is InChI=1S/C18H21NO2/c1-2-4-15(5-3-1)14-21-18-10-8-17(9-11-18)20-13-12-19-16-6-7-16/h1-5,8-11,16,19H,6-7,12-14H2. The molecular formula is C18H21NO2. The van der Waals surface area contributed by atoms with Crippen molar-refractivity contribution < 1.29 is 9.47 Å². The van der Waals surface area contributed by atoms with E-state index in [2.05, 4.69) is 17.4 Å². The number of nitrogens with one attached hydrogen (secondary N) is 1. The van der Waals surface area contributed by atoms with Crippen LogP contribution in [-0.2, 0) is 6.61 Å². The van der Waals surface area contributed by atoms with Crippen LogP contribution in [-0.4, -0.2) is 19.2 Å². The smallest absolute Gasteiger partial charge is 0.120 e. The monoisotopic (exact) mass is 283 g/mol. The SMILES string of the molecule is c1ccc(COc2ccc(OCCNC3CC3)cc2)cc1. The Hall–Kier alpha value is -2.00. The molecule has 1 N–H and O–H groups in total. The van der Waals surface area contributed by atoms with Gasteiger partial charge in [0.25, 0.3) is 0 Å². The van der Waals surface area contributed by atoms with Crippen molar-refractivity contribution in [3.05, 3.63) is 60.2 Å². The maximum absolute atomic E-state index is 5.74. The lowest BCUT2D eigenvalue weighted by molar-refractivity contribution is 0.300. The third-order valence-electron chi connectivity index (χ3n) is 3.45. The van der Waals surface area contributed by atoms with E-state index in [4.69, 9.17) is 9.47 Å². The fourth-order valence-corrected chi connectivity index (χ4v) is 2.09. The summed E-state index contributed by atoms with van der Waals surface area (Å²) in [5, 5.41) is 3.43. The minimum Gasteiger partial charge on any atom is -0.492 e. The largest absolute Gasteiger partial charge is 0.492 e. The van der Waals surface area contributed by atoms with E-state index in [-0.39, 0.29) is 0 Å². The molecule has 1 aliphatic carbocycles. The summed E-state index contributed by atoms with van der Waals surface area (Å²) in [6, 6.07) is 18.7. The first-order chi connectivity index (χ1) is 10.4. The Morgan fingerprint density at radius 1 is 0.857 bits per heavy atom. The maximum atomic E-state index is 5.74. The zero-order chi connectivity index (χ0) is 14.3. The van der Waals surface area contributed by atoms with Gasteiger partial charge in [-0.3, -0.25) is 0 Å². The van der Waals surface area contributed by atoms with Crippen molar-refractivity contribution in [3.63, 3.8) is 0 Å². The van der Waals surface area contributed by atoms with Gasteiger partial charge in [0.05, 0.1) is 0 Å². The van der Waals surface area contributed by atoms with Crippen LogP contribution in [0.4, 0.5) is 0 Å². The minimum absolute atomic E-state index is 0.590. The lowest BCUT2D eigenvalue weighted by atomic mass is 10.2. The molecule has 3 heteroatoms. The van der Waals surface area contributed by atoms with E-state index in [0.717, 1.165) is 24.1 Å². The van der Waals surface area contributed by atoms with Crippen molar-refractivity contribution in [2.24, 2.45) is 0 Å². The maximum Gasteiger partial charge on any atom is 0.120 e. The van der Waals surface area contributed by atoms with Crippen LogP contribution in [0.2, 0.25) is 0 Å². The molecule has 2 aromatic rings. The van der Waals surface area contributed by atoms with Gasteiger partial charge in [-0.15, -0.1) is 0 Å². The van der Waals surface area contributed by atoms with Crippen molar-refractivity contribution in [2.45, 2.75) is 25.5 Å². The van der Waals surface area contributed by atoms with Crippen LogP contribution in [0.3, 0.4) is 0 Å². The fraction of sp³-hybridized carbons (Fsp3) is 0.333. The van der Waals surface area contributed by atoms with Crippen LogP contribution in [0.15, 0.2) is 54.6 Å². The first kappa shape index (κ1) is 14.0. The number of hydrogen-bond acceptors (Lipinski definition) is 3. The average Bonchev–Trinajstić information content (AvgIpc) is 3.36. The molecular weight excluding hydrogens is 262 g/mol. The van der Waals surface area contributed by atoms with E-state index in [1.807, 2.05) is 42.5 Å². The van der Waals surface area contributed by atoms with E-state index < -0.39 is 0 Å². The van der Waals surface area contributed by atoms with Crippen LogP contribution < -0.4 is 14.8 Å². The van der Waals surface area contributed by atoms with Gasteiger partial charge in [0, 0.05) is 12.6 Å². The van der Waals surface area contributed by atoms with Gasteiger partial charge < -0.3 is 14.8 Å². The van der Waals surface area contributed by atoms with E-state index >= 15 is 0 Å². The van der Waals surface area contributed by atoms with Crippen LogP contribution in [0.25, 0.3) is 0 Å². The summed E-state index contributed by atoms with van der Waals surface area (Å²) in [4.78, 5) is 0. The Kier molecular flexibility index (Phi) is 4.74. The molecule has 0 unspecified atom stereocenters. The molecule has 0 spiro atoms. The van der Waals surface area contributed by atoms with Gasteiger partial charge in [0.1, 0.15) is 24.7 Å². The van der Waals surface area contributed by atoms with Gasteiger partial charge in [-0.25, -0.2) is 0 Å². The normalized spacial score (nSPS) is 13.9. The molecule has 0 amide bonds. The van der Waals surface area contributed by atoms with Gasteiger partial charge >= 0.3 is 0 Å². The topological polar surface area (TPSA) is 30.5 Å². The van der Waals surface area contributed by atoms with Crippen LogP contribution in [0.1, 0.15) is 18.4 Å². The number of hydrogen-bond donors (Lipinski definition) is 1. The molecule has 0 atom stereocenters. The highest BCUT2D eigenvalue weighted by molar-refractivity contribution is 5.31. The second-order valence-corrected chi connectivity index (χ2v) is 5.32. The molecule has 3 rings (SSSR count). The van der Waals surface area contributed by atoms with E-state index in [0.29, 0.717) is 13.2 Å². The Morgan fingerprint density at radius 3 is 2.19 bits per heavy atom. The molecule has 0 bridgehead atoms. The number of rotatable bonds is 8. The second kappa shape index (κ2) is 7.14. The lowest BCUT2D eigenvalue weighted by Gasteiger charge is -2.09. The molecule has 2 aromatic carbocycles. The van der Waals surface area contributed by atoms with Gasteiger partial charge in [-0.2, -0.15) is 0 Å². The lowest BCUT2D eigenvalue weighted by Crippen LogP contribution is -2.22. The molecule has 1 saturated carbocycles. The van der Waals surface area contributed by atoms with Crippen LogP contribution in [0.5, 0.6) is 11.5 Å². The Balaban J connectivity index is 1.40. The number of ether oxygens (including phenoxy) is 2. The van der Waals surface area contributed by atoms with E-state index in [1.54, 1.807) is 0 Å². The predicted octanol–water partition coefficient (Wildman–Crippen LogP) is 3.40. The highest BCUT2D eigenvalue weighted by Gasteiger charge is 2.19. The molecule has 0 heterocycles. The molecule has 3 nitrogen and oxygen atoms in total. The summed E-state index contributed by atoms with van der Waals surface area (Å²) < 4.78 is 11.4. The van der Waals surface area contributed by atoms with Gasteiger partial charge in [0.15, 0.2) is 0 Å². The molecule has 21 heavy (non-hydrogen) atoms. The first-order valence-electron chi connectivity index (χ1n) is 7.53. The van der Waals surface area contributed by atoms with Crippen molar-refractivity contribution in [1.29, 1.82) is 0 Å². The Bertz CT molecular complexity index is 535. The number of benzene rings is 2. The van der Waals surface area contributed by atoms with Crippen LogP contribution >= 0.6 is 0 Å². The summed E-state index contributed by atoms with van der Waals surface area (Å²) in [7, 11) is 0. The third-order valence-corrected chi connectivity index (χ3v) is 3.45. The second-order valence-electron chi connectivity index (χ2n) is 5.32. The molecule has 0 radical (unpaired) electrons. The van der Waals surface area contributed by atoms with Gasteiger partial charge in [-0.05, 0) is 42.7 Å². The summed E-state index contributed by atoms with van der Waals surface area (Å²) >= 11 is 0. The van der Waals surface area contributed by atoms with Crippen LogP contribution in [0, 0.1) is 0 Å².